The zero-order valence-corrected chi connectivity index (χ0v) is 10.8. The third-order valence-electron chi connectivity index (χ3n) is 0.707. The van der Waals surface area contributed by atoms with E-state index < -0.39 is 0 Å². The summed E-state index contributed by atoms with van der Waals surface area (Å²) in [4.78, 5) is 0. The Labute approximate surface area is 104 Å². The molecule has 0 nitrogen and oxygen atoms in total. The van der Waals surface area contributed by atoms with E-state index in [2.05, 4.69) is 27.7 Å². The Bertz CT molecular complexity index is 14.0. The van der Waals surface area contributed by atoms with Crippen molar-refractivity contribution in [1.29, 1.82) is 0 Å². The second-order valence-corrected chi connectivity index (χ2v) is 2.06. The highest BCUT2D eigenvalue weighted by Crippen LogP contribution is 1.88. The van der Waals surface area contributed by atoms with Crippen molar-refractivity contribution in [2.45, 2.75) is 103 Å². The van der Waals surface area contributed by atoms with Crippen LogP contribution in [0.3, 0.4) is 0 Å². The molecule has 0 heterocycles. The average Bonchev–Trinajstić information content (AvgIpc) is 2.14. The molecule has 104 valence electrons. The Hall–Kier alpha value is 0. The highest BCUT2D eigenvalue weighted by Gasteiger charge is 1.68. The second kappa shape index (κ2) is 148. The Morgan fingerprint density at radius 1 is 0.533 bits per heavy atom. The maximum Gasteiger partial charge on any atom is -0.0538 e. The fraction of sp³-hybridized carbons (Fsp3) is 1.00. The second-order valence-electron chi connectivity index (χ2n) is 2.06. The van der Waals surface area contributed by atoms with Crippen LogP contribution in [-0.2, 0) is 0 Å². The normalized spacial score (nSPS) is 4.80. The van der Waals surface area contributed by atoms with Crippen LogP contribution in [0.5, 0.6) is 0 Å². The molecule has 0 N–H and O–H groups in total. The number of hydrogen-bond donors (Lipinski definition) is 0. The van der Waals surface area contributed by atoms with Crippen LogP contribution in [0, 0.1) is 0 Å². The van der Waals surface area contributed by atoms with Crippen LogP contribution in [0.4, 0.5) is 0 Å². The Morgan fingerprint density at radius 3 is 0.667 bits per heavy atom. The van der Waals surface area contributed by atoms with Crippen molar-refractivity contribution < 1.29 is 0 Å². The van der Waals surface area contributed by atoms with Crippen LogP contribution in [0.1, 0.15) is 103 Å². The van der Waals surface area contributed by atoms with Crippen LogP contribution in [0.25, 0.3) is 0 Å². The first-order chi connectivity index (χ1) is 5.83. The standard InChI is InChI=1S/C5H12.C3H8.2C2H6.3CH4/c1-3-5-4-2;1-3-2;2*1-2;;;/h3-5H2,1-2H3;3H2,1-2H3;2*1-2H3;3*1H4. The van der Waals surface area contributed by atoms with Crippen molar-refractivity contribution in [3.8, 4) is 0 Å². The molecular weight excluding hydrogens is 180 g/mol. The van der Waals surface area contributed by atoms with Crippen molar-refractivity contribution in [2.75, 3.05) is 0 Å². The van der Waals surface area contributed by atoms with Crippen LogP contribution >= 0.6 is 0 Å². The Balaban J connectivity index is -0.0000000115. The van der Waals surface area contributed by atoms with Gasteiger partial charge in [-0.2, -0.15) is 0 Å². The molecule has 0 rings (SSSR count). The van der Waals surface area contributed by atoms with Gasteiger partial charge in [-0.1, -0.05) is 103 Å². The van der Waals surface area contributed by atoms with Gasteiger partial charge in [0.1, 0.15) is 0 Å². The van der Waals surface area contributed by atoms with Crippen molar-refractivity contribution in [2.24, 2.45) is 0 Å². The SMILES string of the molecule is C.C.C.CC.CC.CCC.CCCCC. The highest BCUT2D eigenvalue weighted by molar-refractivity contribution is 4.24. The lowest BCUT2D eigenvalue weighted by atomic mass is 10.3. The van der Waals surface area contributed by atoms with Crippen molar-refractivity contribution in [1.82, 2.24) is 0 Å². The van der Waals surface area contributed by atoms with Crippen LogP contribution in [-0.4, -0.2) is 0 Å². The lowest BCUT2D eigenvalue weighted by molar-refractivity contribution is 0.772. The maximum atomic E-state index is 2.21. The van der Waals surface area contributed by atoms with E-state index >= 15 is 0 Å². The molecule has 0 aromatic carbocycles. The summed E-state index contributed by atoms with van der Waals surface area (Å²) in [5, 5.41) is 0. The molecule has 0 aliphatic carbocycles. The van der Waals surface area contributed by atoms with Gasteiger partial charge in [0.05, 0.1) is 0 Å². The molecule has 0 saturated heterocycles. The van der Waals surface area contributed by atoms with E-state index in [1.807, 2.05) is 27.7 Å². The summed E-state index contributed by atoms with van der Waals surface area (Å²) in [7, 11) is 0. The largest absolute Gasteiger partial charge is 0.0776 e. The smallest absolute Gasteiger partial charge is 0.0538 e. The molecule has 0 atom stereocenters. The minimum Gasteiger partial charge on any atom is -0.0776 e. The minimum atomic E-state index is 0. The molecule has 0 aliphatic heterocycles. The zero-order chi connectivity index (χ0) is 10.8. The monoisotopic (exact) mass is 224 g/mol. The van der Waals surface area contributed by atoms with Gasteiger partial charge in [-0.25, -0.2) is 0 Å². The predicted octanol–water partition coefficient (Wildman–Crippen LogP) is 7.57. The van der Waals surface area contributed by atoms with Gasteiger partial charge in [-0.3, -0.25) is 0 Å². The predicted molar refractivity (Wildman–Crippen MR) is 84.1 cm³/mol. The summed E-state index contributed by atoms with van der Waals surface area (Å²) in [5.74, 6) is 0. The van der Waals surface area contributed by atoms with Gasteiger partial charge in [-0.05, 0) is 0 Å². The molecule has 0 unspecified atom stereocenters. The fourth-order valence-electron chi connectivity index (χ4n) is 0.354. The van der Waals surface area contributed by atoms with Crippen molar-refractivity contribution in [3.63, 3.8) is 0 Å². The van der Waals surface area contributed by atoms with Gasteiger partial charge in [-0.15, -0.1) is 0 Å². The molecule has 0 fully saturated rings. The van der Waals surface area contributed by atoms with E-state index in [0.29, 0.717) is 0 Å². The summed E-state index contributed by atoms with van der Waals surface area (Å²) >= 11 is 0. The molecule has 0 aromatic heterocycles. The van der Waals surface area contributed by atoms with Crippen LogP contribution in [0.15, 0.2) is 0 Å². The molecule has 0 heteroatoms. The third kappa shape index (κ3) is 504. The van der Waals surface area contributed by atoms with Gasteiger partial charge in [0, 0.05) is 0 Å². The first-order valence-electron chi connectivity index (χ1n) is 5.83. The van der Waals surface area contributed by atoms with E-state index in [9.17, 15) is 0 Å². The van der Waals surface area contributed by atoms with Crippen molar-refractivity contribution >= 4 is 0 Å². The number of hydrogen-bond acceptors (Lipinski definition) is 0. The van der Waals surface area contributed by atoms with Crippen LogP contribution < -0.4 is 0 Å². The highest BCUT2D eigenvalue weighted by atomic mass is 13.7. The van der Waals surface area contributed by atoms with Gasteiger partial charge < -0.3 is 0 Å². The summed E-state index contributed by atoms with van der Waals surface area (Å²) < 4.78 is 0. The summed E-state index contributed by atoms with van der Waals surface area (Å²) in [5.41, 5.74) is 0. The first-order valence-corrected chi connectivity index (χ1v) is 5.83. The molecule has 15 heavy (non-hydrogen) atoms. The lowest BCUT2D eigenvalue weighted by Crippen LogP contribution is -1.59. The lowest BCUT2D eigenvalue weighted by Gasteiger charge is -1.79. The molecule has 0 amide bonds. The van der Waals surface area contributed by atoms with Gasteiger partial charge in [0.2, 0.25) is 0 Å². The van der Waals surface area contributed by atoms with E-state index in [0.717, 1.165) is 0 Å². The van der Waals surface area contributed by atoms with Gasteiger partial charge in [0.15, 0.2) is 0 Å². The molecule has 0 aromatic rings. The Kier molecular flexibility index (Phi) is 453. The molecule has 0 aliphatic rings. The van der Waals surface area contributed by atoms with Crippen LogP contribution in [0.2, 0.25) is 0 Å². The van der Waals surface area contributed by atoms with Crippen molar-refractivity contribution in [3.05, 3.63) is 0 Å². The number of unbranched alkanes of at least 4 members (excludes halogenated alkanes) is 2. The van der Waals surface area contributed by atoms with E-state index in [-0.39, 0.29) is 22.3 Å². The molecule has 0 spiro atoms. The fourth-order valence-corrected chi connectivity index (χ4v) is 0.354. The quantitative estimate of drug-likeness (QED) is 0.453. The first kappa shape index (κ1) is 45.9. The Morgan fingerprint density at radius 2 is 0.667 bits per heavy atom. The summed E-state index contributed by atoms with van der Waals surface area (Å²) in [6, 6.07) is 0. The average molecular weight is 225 g/mol. The van der Waals surface area contributed by atoms with E-state index in [1.54, 1.807) is 0 Å². The zero-order valence-electron chi connectivity index (χ0n) is 10.8. The molecular formula is C15H44. The molecule has 0 radical (unpaired) electrons. The summed E-state index contributed by atoms with van der Waals surface area (Å²) in [6.45, 7) is 16.7. The van der Waals surface area contributed by atoms with Gasteiger partial charge in [0.25, 0.3) is 0 Å². The van der Waals surface area contributed by atoms with Gasteiger partial charge >= 0.3 is 0 Å². The van der Waals surface area contributed by atoms with E-state index in [4.69, 9.17) is 0 Å². The third-order valence-corrected chi connectivity index (χ3v) is 0.707. The molecule has 0 saturated carbocycles. The number of rotatable bonds is 2. The topological polar surface area (TPSA) is 0 Å². The van der Waals surface area contributed by atoms with E-state index in [1.165, 1.54) is 25.7 Å². The molecule has 0 bridgehead atoms. The minimum absolute atomic E-state index is 0. The summed E-state index contributed by atoms with van der Waals surface area (Å²) in [6.07, 6.45) is 5.33. The maximum absolute atomic E-state index is 2.21.